The summed E-state index contributed by atoms with van der Waals surface area (Å²) in [7, 11) is 0. The normalized spacial score (nSPS) is 24.3. The smallest absolute Gasteiger partial charge is 0.315 e. The standard InChI is InChI=1S/C22H25BrO3S/c1-14-18(20(24)26-21(25-14)22(2,3)4)19(15-10-6-5-7-11-15)27-17-13-9-8-12-16(17)23/h5-14,18-19,21H,1-4H3/t14-,18+,19+,21-/m1/s1. The second-order valence-electron chi connectivity index (χ2n) is 7.88. The van der Waals surface area contributed by atoms with Crippen molar-refractivity contribution in [2.24, 2.45) is 11.3 Å². The lowest BCUT2D eigenvalue weighted by Gasteiger charge is -2.41. The minimum atomic E-state index is -0.527. The molecule has 0 aromatic heterocycles. The van der Waals surface area contributed by atoms with Gasteiger partial charge in [0.15, 0.2) is 0 Å². The van der Waals surface area contributed by atoms with Crippen LogP contribution in [-0.4, -0.2) is 18.4 Å². The fourth-order valence-electron chi connectivity index (χ4n) is 3.10. The fraction of sp³-hybridized carbons (Fsp3) is 0.409. The van der Waals surface area contributed by atoms with E-state index in [1.165, 1.54) is 0 Å². The van der Waals surface area contributed by atoms with E-state index in [0.29, 0.717) is 0 Å². The Morgan fingerprint density at radius 2 is 1.67 bits per heavy atom. The van der Waals surface area contributed by atoms with Crippen LogP contribution in [0.15, 0.2) is 64.0 Å². The Bertz CT molecular complexity index is 788. The van der Waals surface area contributed by atoms with Crippen LogP contribution in [-0.2, 0) is 14.3 Å². The van der Waals surface area contributed by atoms with Gasteiger partial charge >= 0.3 is 5.97 Å². The third kappa shape index (κ3) is 4.76. The molecule has 1 aliphatic heterocycles. The lowest BCUT2D eigenvalue weighted by molar-refractivity contribution is -0.253. The van der Waals surface area contributed by atoms with Gasteiger partial charge in [-0.25, -0.2) is 0 Å². The summed E-state index contributed by atoms with van der Waals surface area (Å²) in [5.41, 5.74) is 0.831. The van der Waals surface area contributed by atoms with Gasteiger partial charge in [-0.05, 0) is 40.5 Å². The SMILES string of the molecule is C[C@H]1O[C@@H](C(C)(C)C)OC(=O)[C@@H]1[C@@H](Sc1ccccc1Br)c1ccccc1. The van der Waals surface area contributed by atoms with Gasteiger partial charge in [0.2, 0.25) is 6.29 Å². The monoisotopic (exact) mass is 448 g/mol. The Morgan fingerprint density at radius 1 is 1.04 bits per heavy atom. The number of esters is 1. The first-order valence-corrected chi connectivity index (χ1v) is 10.8. The second-order valence-corrected chi connectivity index (χ2v) is 9.92. The number of carbonyl (C=O) groups is 1. The van der Waals surface area contributed by atoms with E-state index in [-0.39, 0.29) is 28.7 Å². The van der Waals surface area contributed by atoms with E-state index in [9.17, 15) is 4.79 Å². The fourth-order valence-corrected chi connectivity index (χ4v) is 5.05. The first kappa shape index (κ1) is 20.4. The van der Waals surface area contributed by atoms with Crippen LogP contribution in [0.2, 0.25) is 0 Å². The highest BCUT2D eigenvalue weighted by Gasteiger charge is 2.46. The number of cyclic esters (lactones) is 1. The van der Waals surface area contributed by atoms with Crippen molar-refractivity contribution in [1.82, 2.24) is 0 Å². The van der Waals surface area contributed by atoms with Gasteiger partial charge in [-0.15, -0.1) is 11.8 Å². The molecule has 0 aliphatic carbocycles. The highest BCUT2D eigenvalue weighted by molar-refractivity contribution is 9.10. The molecule has 144 valence electrons. The first-order chi connectivity index (χ1) is 12.8. The third-order valence-electron chi connectivity index (χ3n) is 4.59. The van der Waals surface area contributed by atoms with Gasteiger partial charge in [0.05, 0.1) is 17.3 Å². The molecule has 0 spiro atoms. The topological polar surface area (TPSA) is 35.5 Å². The summed E-state index contributed by atoms with van der Waals surface area (Å²) in [6.07, 6.45) is -0.767. The minimum absolute atomic E-state index is 0.103. The van der Waals surface area contributed by atoms with E-state index in [2.05, 4.69) is 34.1 Å². The summed E-state index contributed by atoms with van der Waals surface area (Å²) >= 11 is 5.28. The second kappa shape index (κ2) is 8.38. The molecule has 2 aromatic rings. The highest BCUT2D eigenvalue weighted by Crippen LogP contribution is 2.47. The molecule has 1 saturated heterocycles. The van der Waals surface area contributed by atoms with Gasteiger partial charge in [-0.3, -0.25) is 4.79 Å². The zero-order chi connectivity index (χ0) is 19.6. The van der Waals surface area contributed by atoms with E-state index in [1.807, 2.05) is 64.1 Å². The van der Waals surface area contributed by atoms with Crippen molar-refractivity contribution in [1.29, 1.82) is 0 Å². The molecule has 5 heteroatoms. The lowest BCUT2D eigenvalue weighted by Crippen LogP contribution is -2.48. The molecule has 0 amide bonds. The number of carbonyl (C=O) groups excluding carboxylic acids is 1. The molecule has 3 rings (SSSR count). The molecule has 1 fully saturated rings. The van der Waals surface area contributed by atoms with Crippen molar-refractivity contribution >= 4 is 33.7 Å². The zero-order valence-electron chi connectivity index (χ0n) is 16.0. The van der Waals surface area contributed by atoms with Crippen molar-refractivity contribution in [3.8, 4) is 0 Å². The molecule has 27 heavy (non-hydrogen) atoms. The Kier molecular flexibility index (Phi) is 6.34. The molecule has 1 heterocycles. The van der Waals surface area contributed by atoms with E-state index < -0.39 is 6.29 Å². The Labute approximate surface area is 174 Å². The average molecular weight is 449 g/mol. The number of hydrogen-bond acceptors (Lipinski definition) is 4. The van der Waals surface area contributed by atoms with Crippen LogP contribution in [0.25, 0.3) is 0 Å². The Morgan fingerprint density at radius 3 is 2.26 bits per heavy atom. The molecule has 0 N–H and O–H groups in total. The summed E-state index contributed by atoms with van der Waals surface area (Å²) in [5, 5.41) is -0.103. The maximum atomic E-state index is 13.0. The average Bonchev–Trinajstić information content (AvgIpc) is 2.62. The summed E-state index contributed by atoms with van der Waals surface area (Å²) in [4.78, 5) is 14.1. The molecule has 1 aliphatic rings. The molecule has 3 nitrogen and oxygen atoms in total. The van der Waals surface area contributed by atoms with E-state index in [1.54, 1.807) is 11.8 Å². The number of benzene rings is 2. The predicted molar refractivity (Wildman–Crippen MR) is 113 cm³/mol. The summed E-state index contributed by atoms with van der Waals surface area (Å²) in [6, 6.07) is 18.2. The quantitative estimate of drug-likeness (QED) is 0.409. The lowest BCUT2D eigenvalue weighted by atomic mass is 9.90. The van der Waals surface area contributed by atoms with Gasteiger partial charge in [-0.2, -0.15) is 0 Å². The van der Waals surface area contributed by atoms with Gasteiger partial charge in [-0.1, -0.05) is 63.2 Å². The third-order valence-corrected chi connectivity index (χ3v) is 6.97. The number of rotatable bonds is 4. The van der Waals surface area contributed by atoms with E-state index in [0.717, 1.165) is 14.9 Å². The molecular formula is C22H25BrO3S. The van der Waals surface area contributed by atoms with Crippen LogP contribution in [0, 0.1) is 11.3 Å². The molecule has 0 radical (unpaired) electrons. The van der Waals surface area contributed by atoms with Crippen LogP contribution in [0.1, 0.15) is 38.5 Å². The maximum absolute atomic E-state index is 13.0. The number of thioether (sulfide) groups is 1. The molecule has 4 atom stereocenters. The number of halogens is 1. The molecule has 0 bridgehead atoms. The predicted octanol–water partition coefficient (Wildman–Crippen LogP) is 6.23. The number of ether oxygens (including phenoxy) is 2. The van der Waals surface area contributed by atoms with E-state index >= 15 is 0 Å². The largest absolute Gasteiger partial charge is 0.435 e. The van der Waals surface area contributed by atoms with Crippen LogP contribution in [0.3, 0.4) is 0 Å². The summed E-state index contributed by atoms with van der Waals surface area (Å²) in [6.45, 7) is 8.02. The molecular weight excluding hydrogens is 424 g/mol. The van der Waals surface area contributed by atoms with Crippen molar-refractivity contribution in [2.75, 3.05) is 0 Å². The van der Waals surface area contributed by atoms with Gasteiger partial charge < -0.3 is 9.47 Å². The minimum Gasteiger partial charge on any atom is -0.435 e. The van der Waals surface area contributed by atoms with Crippen LogP contribution in [0.5, 0.6) is 0 Å². The Balaban J connectivity index is 1.94. The number of hydrogen-bond donors (Lipinski definition) is 0. The van der Waals surface area contributed by atoms with Crippen LogP contribution >= 0.6 is 27.7 Å². The highest BCUT2D eigenvalue weighted by atomic mass is 79.9. The van der Waals surface area contributed by atoms with E-state index in [4.69, 9.17) is 9.47 Å². The van der Waals surface area contributed by atoms with Crippen LogP contribution in [0.4, 0.5) is 0 Å². The zero-order valence-corrected chi connectivity index (χ0v) is 18.4. The van der Waals surface area contributed by atoms with Gasteiger partial charge in [0.25, 0.3) is 0 Å². The molecule has 0 unspecified atom stereocenters. The van der Waals surface area contributed by atoms with Crippen molar-refractivity contribution in [2.45, 2.75) is 50.2 Å². The van der Waals surface area contributed by atoms with Crippen LogP contribution < -0.4 is 0 Å². The maximum Gasteiger partial charge on any atom is 0.315 e. The van der Waals surface area contributed by atoms with Gasteiger partial charge in [0.1, 0.15) is 0 Å². The van der Waals surface area contributed by atoms with Crippen molar-refractivity contribution < 1.29 is 14.3 Å². The summed E-state index contributed by atoms with van der Waals surface area (Å²) < 4.78 is 12.9. The molecule has 2 aromatic carbocycles. The van der Waals surface area contributed by atoms with Gasteiger partial charge in [0, 0.05) is 14.8 Å². The van der Waals surface area contributed by atoms with Crippen molar-refractivity contribution in [3.05, 3.63) is 64.6 Å². The molecule has 0 saturated carbocycles. The summed E-state index contributed by atoms with van der Waals surface area (Å²) in [5.74, 6) is -0.579. The first-order valence-electron chi connectivity index (χ1n) is 9.09. The Hall–Kier alpha value is -1.30. The van der Waals surface area contributed by atoms with Crippen molar-refractivity contribution in [3.63, 3.8) is 0 Å².